The summed E-state index contributed by atoms with van der Waals surface area (Å²) >= 11 is 6.16. The molecule has 0 fully saturated rings. The Morgan fingerprint density at radius 3 is 2.55 bits per heavy atom. The third-order valence-corrected chi connectivity index (χ3v) is 6.98. The Kier molecular flexibility index (Phi) is 9.89. The van der Waals surface area contributed by atoms with Crippen LogP contribution in [0, 0.1) is 0 Å². The quantitative estimate of drug-likeness (QED) is 0.194. The van der Waals surface area contributed by atoms with Gasteiger partial charge in [-0.15, -0.1) is 0 Å². The average molecular weight is 595 g/mol. The highest BCUT2D eigenvalue weighted by Gasteiger charge is 2.34. The summed E-state index contributed by atoms with van der Waals surface area (Å²) in [5, 5.41) is 25.5. The molecular formula is C30H35ClN6O5. The predicted molar refractivity (Wildman–Crippen MR) is 163 cm³/mol. The number of aromatic hydroxyl groups is 2. The number of rotatable bonds is 10. The van der Waals surface area contributed by atoms with Crippen LogP contribution in [0.25, 0.3) is 0 Å². The normalized spacial score (nSPS) is 17.0. The van der Waals surface area contributed by atoms with Gasteiger partial charge in [0.05, 0.1) is 43.1 Å². The van der Waals surface area contributed by atoms with Gasteiger partial charge in [-0.05, 0) is 56.3 Å². The maximum atomic E-state index is 12.6. The molecule has 1 heterocycles. The van der Waals surface area contributed by atoms with Crippen LogP contribution in [0.1, 0.15) is 37.8 Å². The zero-order chi connectivity index (χ0) is 30.4. The van der Waals surface area contributed by atoms with E-state index in [0.717, 1.165) is 5.56 Å². The number of ether oxygens (including phenoxy) is 1. The highest BCUT2D eigenvalue weighted by atomic mass is 35.5. The molecule has 12 heteroatoms. The number of benzodiazepines with no additional fused rings is 1. The SMILES string of the molecule is CCNC(=O)C[C@@H]1N=C(c2ccc(Cl)cc2)c2cc(OCCC(=O)Nc3cccc(O)c3O)ccc2N(C(C)N)C1N. The third-order valence-electron chi connectivity index (χ3n) is 6.72. The van der Waals surface area contributed by atoms with E-state index in [2.05, 4.69) is 10.6 Å². The van der Waals surface area contributed by atoms with Gasteiger partial charge in [-0.2, -0.15) is 0 Å². The molecule has 0 radical (unpaired) electrons. The number of carbonyl (C=O) groups excluding carboxylic acids is 2. The van der Waals surface area contributed by atoms with E-state index in [1.54, 1.807) is 24.3 Å². The number of phenolic OH excluding ortho intramolecular Hbond substituents is 2. The number of nitrogens with two attached hydrogens (primary N) is 2. The van der Waals surface area contributed by atoms with Gasteiger partial charge in [0.15, 0.2) is 11.5 Å². The van der Waals surface area contributed by atoms with Crippen LogP contribution in [0.4, 0.5) is 11.4 Å². The van der Waals surface area contributed by atoms with Crippen LogP contribution in [-0.4, -0.2) is 59.3 Å². The lowest BCUT2D eigenvalue weighted by molar-refractivity contribution is -0.121. The molecule has 4 rings (SSSR count). The number of phenols is 2. The molecule has 0 aliphatic carbocycles. The largest absolute Gasteiger partial charge is 0.504 e. The first-order valence-electron chi connectivity index (χ1n) is 13.6. The molecule has 2 amide bonds. The summed E-state index contributed by atoms with van der Waals surface area (Å²) in [5.41, 5.74) is 16.0. The molecule has 3 aromatic rings. The fraction of sp³-hybridized carbons (Fsp3) is 0.300. The third kappa shape index (κ3) is 7.11. The van der Waals surface area contributed by atoms with Crippen molar-refractivity contribution in [1.82, 2.24) is 5.32 Å². The molecule has 1 aliphatic rings. The molecule has 1 aliphatic heterocycles. The van der Waals surface area contributed by atoms with E-state index in [9.17, 15) is 19.8 Å². The minimum atomic E-state index is -0.694. The summed E-state index contributed by atoms with van der Waals surface area (Å²) in [6.07, 6.45) is -1.15. The van der Waals surface area contributed by atoms with Gasteiger partial charge in [-0.3, -0.25) is 14.6 Å². The van der Waals surface area contributed by atoms with E-state index >= 15 is 0 Å². The molecule has 0 aromatic heterocycles. The van der Waals surface area contributed by atoms with Gasteiger partial charge in [-0.1, -0.05) is 29.8 Å². The van der Waals surface area contributed by atoms with Crippen LogP contribution in [-0.2, 0) is 9.59 Å². The number of nitrogens with one attached hydrogen (secondary N) is 2. The number of hydrogen-bond acceptors (Lipinski definition) is 9. The van der Waals surface area contributed by atoms with Gasteiger partial charge in [0.25, 0.3) is 0 Å². The smallest absolute Gasteiger partial charge is 0.227 e. The summed E-state index contributed by atoms with van der Waals surface area (Å²) < 4.78 is 5.93. The second-order valence-electron chi connectivity index (χ2n) is 9.85. The zero-order valence-electron chi connectivity index (χ0n) is 23.4. The van der Waals surface area contributed by atoms with Crippen molar-refractivity contribution in [2.75, 3.05) is 23.4 Å². The number of aliphatic imine (C=N–C) groups is 1. The highest BCUT2D eigenvalue weighted by Crippen LogP contribution is 2.35. The van der Waals surface area contributed by atoms with Gasteiger partial charge in [-0.25, -0.2) is 0 Å². The Bertz CT molecular complexity index is 1460. The Morgan fingerprint density at radius 1 is 1.12 bits per heavy atom. The van der Waals surface area contributed by atoms with Gasteiger partial charge in [0.1, 0.15) is 11.9 Å². The monoisotopic (exact) mass is 594 g/mol. The van der Waals surface area contributed by atoms with Crippen molar-refractivity contribution < 1.29 is 24.5 Å². The van der Waals surface area contributed by atoms with Crippen molar-refractivity contribution in [3.8, 4) is 17.2 Å². The van der Waals surface area contributed by atoms with Crippen LogP contribution in [0.2, 0.25) is 5.02 Å². The molecular weight excluding hydrogens is 560 g/mol. The van der Waals surface area contributed by atoms with Gasteiger partial charge in [0, 0.05) is 28.4 Å². The molecule has 8 N–H and O–H groups in total. The minimum Gasteiger partial charge on any atom is -0.504 e. The Balaban J connectivity index is 1.64. The molecule has 0 spiro atoms. The number of carbonyl (C=O) groups is 2. The first kappa shape index (κ1) is 30.6. The molecule has 42 heavy (non-hydrogen) atoms. The second kappa shape index (κ2) is 13.6. The molecule has 0 saturated carbocycles. The van der Waals surface area contributed by atoms with E-state index in [-0.39, 0.29) is 36.8 Å². The molecule has 3 aromatic carbocycles. The first-order chi connectivity index (χ1) is 20.1. The van der Waals surface area contributed by atoms with Gasteiger partial charge in [0.2, 0.25) is 11.8 Å². The molecule has 3 atom stereocenters. The number of anilines is 2. The summed E-state index contributed by atoms with van der Waals surface area (Å²) in [6, 6.07) is 16.3. The molecule has 222 valence electrons. The van der Waals surface area contributed by atoms with Crippen LogP contribution in [0.3, 0.4) is 0 Å². The highest BCUT2D eigenvalue weighted by molar-refractivity contribution is 6.30. The van der Waals surface area contributed by atoms with E-state index < -0.39 is 30.0 Å². The maximum absolute atomic E-state index is 12.6. The van der Waals surface area contributed by atoms with Crippen molar-refractivity contribution in [1.29, 1.82) is 0 Å². The lowest BCUT2D eigenvalue weighted by Gasteiger charge is -2.36. The van der Waals surface area contributed by atoms with Crippen LogP contribution >= 0.6 is 11.6 Å². The van der Waals surface area contributed by atoms with Gasteiger partial charge >= 0.3 is 0 Å². The fourth-order valence-electron chi connectivity index (χ4n) is 4.74. The molecule has 2 unspecified atom stereocenters. The number of halogens is 1. The Labute approximate surface area is 249 Å². The maximum Gasteiger partial charge on any atom is 0.227 e. The van der Waals surface area contributed by atoms with Crippen LogP contribution < -0.4 is 31.7 Å². The minimum absolute atomic E-state index is 0.0181. The summed E-state index contributed by atoms with van der Waals surface area (Å²) in [6.45, 7) is 4.18. The van der Waals surface area contributed by atoms with E-state index in [1.165, 1.54) is 18.2 Å². The van der Waals surface area contributed by atoms with Crippen molar-refractivity contribution in [3.05, 3.63) is 76.8 Å². The Hall–Kier alpha value is -4.32. The average Bonchev–Trinajstić information content (AvgIpc) is 3.06. The predicted octanol–water partition coefficient (Wildman–Crippen LogP) is 3.30. The van der Waals surface area contributed by atoms with Crippen LogP contribution in [0.15, 0.2) is 65.7 Å². The van der Waals surface area contributed by atoms with Crippen LogP contribution in [0.5, 0.6) is 17.2 Å². The van der Waals surface area contributed by atoms with Crippen molar-refractivity contribution in [2.24, 2.45) is 16.5 Å². The first-order valence-corrected chi connectivity index (χ1v) is 13.9. The number of hydrogen-bond donors (Lipinski definition) is 6. The number of para-hydroxylation sites is 1. The van der Waals surface area contributed by atoms with Gasteiger partial charge < -0.3 is 42.0 Å². The number of amides is 2. The lowest BCUT2D eigenvalue weighted by Crippen LogP contribution is -2.56. The fourth-order valence-corrected chi connectivity index (χ4v) is 4.86. The topological polar surface area (TPSA) is 176 Å². The molecule has 11 nitrogen and oxygen atoms in total. The van der Waals surface area contributed by atoms with E-state index in [0.29, 0.717) is 34.3 Å². The Morgan fingerprint density at radius 2 is 1.86 bits per heavy atom. The molecule has 0 saturated heterocycles. The summed E-state index contributed by atoms with van der Waals surface area (Å²) in [5.74, 6) is -0.843. The number of nitrogens with zero attached hydrogens (tertiary/aromatic N) is 2. The number of benzene rings is 3. The van der Waals surface area contributed by atoms with Crippen molar-refractivity contribution in [3.63, 3.8) is 0 Å². The molecule has 0 bridgehead atoms. The number of fused-ring (bicyclic) bond motifs is 1. The van der Waals surface area contributed by atoms with Crippen molar-refractivity contribution >= 4 is 40.5 Å². The summed E-state index contributed by atoms with van der Waals surface area (Å²) in [4.78, 5) is 31.9. The van der Waals surface area contributed by atoms with E-state index in [1.807, 2.05) is 36.9 Å². The lowest BCUT2D eigenvalue weighted by atomic mass is 9.99. The zero-order valence-corrected chi connectivity index (χ0v) is 24.1. The standard InChI is InChI=1S/C30H35ClN6O5/c1-3-34-27(40)16-23-30(33)37(17(2)32)24-12-11-20(15-21(24)28(36-23)18-7-9-19(31)10-8-18)42-14-13-26(39)35-22-5-4-6-25(38)29(22)41/h4-12,15,17,23,30,38,41H,3,13-14,16,32-33H2,1-2H3,(H,34,40)(H,35,39)/t17?,23-,30?/m0/s1. The van der Waals surface area contributed by atoms with E-state index in [4.69, 9.17) is 32.8 Å². The summed E-state index contributed by atoms with van der Waals surface area (Å²) in [7, 11) is 0. The van der Waals surface area contributed by atoms with Crippen molar-refractivity contribution in [2.45, 2.75) is 45.1 Å². The second-order valence-corrected chi connectivity index (χ2v) is 10.3.